The van der Waals surface area contributed by atoms with Crippen molar-refractivity contribution in [2.45, 2.75) is 38.5 Å². The second-order valence-electron chi connectivity index (χ2n) is 4.26. The summed E-state index contributed by atoms with van der Waals surface area (Å²) in [7, 11) is 1.46. The Morgan fingerprint density at radius 1 is 1.43 bits per heavy atom. The quantitative estimate of drug-likeness (QED) is 0.701. The van der Waals surface area contributed by atoms with Crippen molar-refractivity contribution in [1.29, 1.82) is 0 Å². The van der Waals surface area contributed by atoms with Gasteiger partial charge in [0, 0.05) is 6.42 Å². The predicted molar refractivity (Wildman–Crippen MR) is 55.8 cm³/mol. The number of carbonyl (C=O) groups excluding carboxylic acids is 1. The molecule has 1 rings (SSSR count). The third-order valence-electron chi connectivity index (χ3n) is 3.15. The minimum absolute atomic E-state index is 0.0663. The normalized spacial score (nSPS) is 27.3. The van der Waals surface area contributed by atoms with Crippen molar-refractivity contribution in [2.75, 3.05) is 13.7 Å². The van der Waals surface area contributed by atoms with Crippen molar-refractivity contribution in [3.63, 3.8) is 0 Å². The predicted octanol–water partition coefficient (Wildman–Crippen LogP) is 1.70. The highest BCUT2D eigenvalue weighted by atomic mass is 16.5. The summed E-state index contributed by atoms with van der Waals surface area (Å²) in [6.07, 6.45) is 6.57. The van der Waals surface area contributed by atoms with Crippen molar-refractivity contribution in [2.24, 2.45) is 17.6 Å². The first-order chi connectivity index (χ1) is 6.76. The molecule has 2 unspecified atom stereocenters. The van der Waals surface area contributed by atoms with Crippen LogP contribution in [-0.4, -0.2) is 19.6 Å². The van der Waals surface area contributed by atoms with Crippen LogP contribution < -0.4 is 5.73 Å². The summed E-state index contributed by atoms with van der Waals surface area (Å²) in [4.78, 5) is 11.1. The van der Waals surface area contributed by atoms with Crippen LogP contribution in [0.25, 0.3) is 0 Å². The number of ether oxygens (including phenoxy) is 1. The Morgan fingerprint density at radius 2 is 2.14 bits per heavy atom. The molecule has 0 radical (unpaired) electrons. The minimum atomic E-state index is -0.0663. The average molecular weight is 199 g/mol. The molecule has 0 aromatic carbocycles. The molecule has 0 aromatic heterocycles. The molecule has 0 amide bonds. The van der Waals surface area contributed by atoms with Crippen LogP contribution in [0.3, 0.4) is 0 Å². The third kappa shape index (κ3) is 3.66. The highest BCUT2D eigenvalue weighted by molar-refractivity contribution is 5.69. The molecule has 0 heterocycles. The van der Waals surface area contributed by atoms with Gasteiger partial charge in [0.1, 0.15) is 0 Å². The zero-order valence-electron chi connectivity index (χ0n) is 9.00. The molecule has 1 aliphatic carbocycles. The van der Waals surface area contributed by atoms with E-state index in [4.69, 9.17) is 5.73 Å². The summed E-state index contributed by atoms with van der Waals surface area (Å²) >= 11 is 0. The Labute approximate surface area is 86.0 Å². The summed E-state index contributed by atoms with van der Waals surface area (Å²) in [5.41, 5.74) is 5.54. The number of methoxy groups -OCH3 is 1. The maximum Gasteiger partial charge on any atom is 0.305 e. The molecule has 3 nitrogen and oxygen atoms in total. The van der Waals surface area contributed by atoms with Crippen LogP contribution in [0.15, 0.2) is 0 Å². The molecule has 0 spiro atoms. The Balaban J connectivity index is 2.28. The van der Waals surface area contributed by atoms with Crippen LogP contribution in [0.2, 0.25) is 0 Å². The molecule has 2 atom stereocenters. The Hall–Kier alpha value is -0.570. The number of hydrogen-bond acceptors (Lipinski definition) is 3. The standard InChI is InChI=1S/C11H21NO2/c1-14-11(13)8-10-4-2-3-9(7-10)5-6-12/h9-10H,2-8,12H2,1H3. The topological polar surface area (TPSA) is 52.3 Å². The van der Waals surface area contributed by atoms with E-state index in [-0.39, 0.29) is 5.97 Å². The van der Waals surface area contributed by atoms with E-state index >= 15 is 0 Å². The Bertz CT molecular complexity index is 180. The molecule has 3 heteroatoms. The van der Waals surface area contributed by atoms with Crippen molar-refractivity contribution in [3.05, 3.63) is 0 Å². The van der Waals surface area contributed by atoms with E-state index in [0.717, 1.165) is 25.3 Å². The van der Waals surface area contributed by atoms with Crippen LogP contribution in [0.1, 0.15) is 38.5 Å². The smallest absolute Gasteiger partial charge is 0.305 e. The first kappa shape index (κ1) is 11.5. The summed E-state index contributed by atoms with van der Waals surface area (Å²) in [5, 5.41) is 0. The first-order valence-corrected chi connectivity index (χ1v) is 5.53. The van der Waals surface area contributed by atoms with Gasteiger partial charge in [-0.25, -0.2) is 0 Å². The second-order valence-corrected chi connectivity index (χ2v) is 4.26. The molecule has 1 fully saturated rings. The SMILES string of the molecule is COC(=O)CC1CCCC(CCN)C1. The molecule has 0 aromatic rings. The fourth-order valence-electron chi connectivity index (χ4n) is 2.40. The lowest BCUT2D eigenvalue weighted by Gasteiger charge is -2.28. The van der Waals surface area contributed by atoms with Crippen LogP contribution in [0.4, 0.5) is 0 Å². The van der Waals surface area contributed by atoms with Crippen molar-refractivity contribution in [3.8, 4) is 0 Å². The molecular formula is C11H21NO2. The van der Waals surface area contributed by atoms with Gasteiger partial charge in [-0.3, -0.25) is 4.79 Å². The fourth-order valence-corrected chi connectivity index (χ4v) is 2.40. The average Bonchev–Trinajstić information content (AvgIpc) is 2.19. The minimum Gasteiger partial charge on any atom is -0.469 e. The summed E-state index contributed by atoms with van der Waals surface area (Å²) in [6.45, 7) is 0.773. The highest BCUT2D eigenvalue weighted by Crippen LogP contribution is 2.32. The van der Waals surface area contributed by atoms with Gasteiger partial charge in [-0.15, -0.1) is 0 Å². The van der Waals surface area contributed by atoms with Crippen molar-refractivity contribution >= 4 is 5.97 Å². The van der Waals surface area contributed by atoms with E-state index in [0.29, 0.717) is 12.3 Å². The lowest BCUT2D eigenvalue weighted by Crippen LogP contribution is -2.20. The zero-order chi connectivity index (χ0) is 10.4. The van der Waals surface area contributed by atoms with Gasteiger partial charge in [-0.2, -0.15) is 0 Å². The summed E-state index contributed by atoms with van der Waals surface area (Å²) < 4.78 is 4.68. The fraction of sp³-hybridized carbons (Fsp3) is 0.909. The third-order valence-corrected chi connectivity index (χ3v) is 3.15. The largest absolute Gasteiger partial charge is 0.469 e. The van der Waals surface area contributed by atoms with Crippen LogP contribution in [0.5, 0.6) is 0 Å². The van der Waals surface area contributed by atoms with Gasteiger partial charge in [0.05, 0.1) is 7.11 Å². The van der Waals surface area contributed by atoms with E-state index in [9.17, 15) is 4.79 Å². The molecule has 2 N–H and O–H groups in total. The van der Waals surface area contributed by atoms with Gasteiger partial charge >= 0.3 is 5.97 Å². The molecule has 82 valence electrons. The first-order valence-electron chi connectivity index (χ1n) is 5.53. The van der Waals surface area contributed by atoms with E-state index in [1.807, 2.05) is 0 Å². The number of carbonyl (C=O) groups is 1. The number of nitrogens with two attached hydrogens (primary N) is 1. The highest BCUT2D eigenvalue weighted by Gasteiger charge is 2.23. The van der Waals surface area contributed by atoms with Gasteiger partial charge in [-0.05, 0) is 37.6 Å². The lowest BCUT2D eigenvalue weighted by atomic mass is 9.78. The van der Waals surface area contributed by atoms with Crippen LogP contribution >= 0.6 is 0 Å². The molecule has 0 bridgehead atoms. The molecule has 0 saturated heterocycles. The second kappa shape index (κ2) is 6.02. The number of esters is 1. The lowest BCUT2D eigenvalue weighted by molar-refractivity contribution is -0.142. The van der Waals surface area contributed by atoms with Gasteiger partial charge in [0.15, 0.2) is 0 Å². The maximum atomic E-state index is 11.1. The van der Waals surface area contributed by atoms with Crippen molar-refractivity contribution in [1.82, 2.24) is 0 Å². The van der Waals surface area contributed by atoms with Crippen LogP contribution in [-0.2, 0) is 9.53 Å². The van der Waals surface area contributed by atoms with Gasteiger partial charge in [0.2, 0.25) is 0 Å². The molecule has 0 aliphatic heterocycles. The Kier molecular flexibility index (Phi) is 4.94. The van der Waals surface area contributed by atoms with E-state index < -0.39 is 0 Å². The summed E-state index contributed by atoms with van der Waals surface area (Å²) in [6, 6.07) is 0. The van der Waals surface area contributed by atoms with Gasteiger partial charge in [0.25, 0.3) is 0 Å². The monoisotopic (exact) mass is 199 g/mol. The summed E-state index contributed by atoms with van der Waals surface area (Å²) in [5.74, 6) is 1.21. The van der Waals surface area contributed by atoms with E-state index in [1.54, 1.807) is 0 Å². The number of rotatable bonds is 4. The number of hydrogen-bond donors (Lipinski definition) is 1. The van der Waals surface area contributed by atoms with E-state index in [1.165, 1.54) is 26.4 Å². The maximum absolute atomic E-state index is 11.1. The molecule has 1 aliphatic rings. The Morgan fingerprint density at radius 3 is 2.79 bits per heavy atom. The zero-order valence-corrected chi connectivity index (χ0v) is 9.00. The van der Waals surface area contributed by atoms with Gasteiger partial charge in [-0.1, -0.05) is 12.8 Å². The van der Waals surface area contributed by atoms with Gasteiger partial charge < -0.3 is 10.5 Å². The molecule has 1 saturated carbocycles. The molecular weight excluding hydrogens is 178 g/mol. The van der Waals surface area contributed by atoms with Crippen LogP contribution in [0, 0.1) is 11.8 Å². The van der Waals surface area contributed by atoms with Crippen molar-refractivity contribution < 1.29 is 9.53 Å². The molecule has 14 heavy (non-hydrogen) atoms. The van der Waals surface area contributed by atoms with E-state index in [2.05, 4.69) is 4.74 Å².